The van der Waals surface area contributed by atoms with E-state index in [-0.39, 0.29) is 13.2 Å². The Morgan fingerprint density at radius 1 is 1.25 bits per heavy atom. The summed E-state index contributed by atoms with van der Waals surface area (Å²) >= 11 is 5.00. The number of ether oxygens (including phenoxy) is 2. The zero-order chi connectivity index (χ0) is 15.0. The first-order valence-electron chi connectivity index (χ1n) is 6.38. The van der Waals surface area contributed by atoms with Crippen LogP contribution in [0.25, 0.3) is 0 Å². The van der Waals surface area contributed by atoms with Crippen molar-refractivity contribution >= 4 is 39.3 Å². The highest BCUT2D eigenvalue weighted by atomic mass is 79.9. The van der Waals surface area contributed by atoms with Gasteiger partial charge in [-0.3, -0.25) is 9.69 Å². The lowest BCUT2D eigenvalue weighted by molar-refractivity contribution is -0.144. The molecule has 20 heavy (non-hydrogen) atoms. The van der Waals surface area contributed by atoms with Gasteiger partial charge in [-0.2, -0.15) is 0 Å². The molecule has 0 radical (unpaired) electrons. The van der Waals surface area contributed by atoms with Gasteiger partial charge in [-0.15, -0.1) is 11.3 Å². The predicted molar refractivity (Wildman–Crippen MR) is 81.0 cm³/mol. The van der Waals surface area contributed by atoms with Crippen molar-refractivity contribution < 1.29 is 19.1 Å². The third-order valence-electron chi connectivity index (χ3n) is 2.41. The van der Waals surface area contributed by atoms with Gasteiger partial charge in [-0.05, 0) is 48.3 Å². The number of nitrogens with zero attached hydrogens (tertiary/aromatic N) is 1. The normalized spacial score (nSPS) is 10.2. The molecule has 0 spiro atoms. The average Bonchev–Trinajstić information content (AvgIpc) is 2.81. The first-order chi connectivity index (χ1) is 9.56. The van der Waals surface area contributed by atoms with Crippen LogP contribution in [-0.2, 0) is 20.7 Å². The highest BCUT2D eigenvalue weighted by Gasteiger charge is 2.19. The Morgan fingerprint density at radius 3 is 2.50 bits per heavy atom. The number of hydrogen-bond donors (Lipinski definition) is 0. The number of carbonyl (C=O) groups is 2. The van der Waals surface area contributed by atoms with Crippen molar-refractivity contribution in [2.75, 3.05) is 26.3 Å². The molecule has 5 nitrogen and oxygen atoms in total. The van der Waals surface area contributed by atoms with E-state index < -0.39 is 12.1 Å². The van der Waals surface area contributed by atoms with Gasteiger partial charge in [0.05, 0.1) is 17.0 Å². The SMILES string of the molecule is CCOC(=O)CN(CCc1ccc(Br)s1)C(=O)OCC. The van der Waals surface area contributed by atoms with Crippen molar-refractivity contribution in [2.45, 2.75) is 20.3 Å². The Kier molecular flexibility index (Phi) is 7.61. The Morgan fingerprint density at radius 2 is 1.95 bits per heavy atom. The molecule has 0 aliphatic heterocycles. The molecule has 0 fully saturated rings. The lowest BCUT2D eigenvalue weighted by Crippen LogP contribution is -2.38. The molecule has 1 amide bonds. The van der Waals surface area contributed by atoms with Crippen molar-refractivity contribution in [3.8, 4) is 0 Å². The van der Waals surface area contributed by atoms with Gasteiger partial charge in [0.25, 0.3) is 0 Å². The first kappa shape index (κ1) is 17.0. The molecule has 112 valence electrons. The van der Waals surface area contributed by atoms with E-state index in [0.717, 1.165) is 8.66 Å². The Bertz CT molecular complexity index is 449. The predicted octanol–water partition coefficient (Wildman–Crippen LogP) is 3.07. The molecule has 0 atom stereocenters. The summed E-state index contributed by atoms with van der Waals surface area (Å²) in [5.74, 6) is -0.423. The monoisotopic (exact) mass is 363 g/mol. The Balaban J connectivity index is 2.57. The summed E-state index contributed by atoms with van der Waals surface area (Å²) in [5.41, 5.74) is 0. The number of carbonyl (C=O) groups excluding carboxylic acids is 2. The minimum Gasteiger partial charge on any atom is -0.465 e. The van der Waals surface area contributed by atoms with E-state index >= 15 is 0 Å². The maximum atomic E-state index is 11.8. The van der Waals surface area contributed by atoms with Gasteiger partial charge in [0, 0.05) is 11.4 Å². The molecule has 1 heterocycles. The van der Waals surface area contributed by atoms with Crippen molar-refractivity contribution in [3.05, 3.63) is 20.8 Å². The van der Waals surface area contributed by atoms with Crippen molar-refractivity contribution in [1.82, 2.24) is 4.90 Å². The van der Waals surface area contributed by atoms with Gasteiger partial charge < -0.3 is 9.47 Å². The topological polar surface area (TPSA) is 55.8 Å². The van der Waals surface area contributed by atoms with Gasteiger partial charge in [-0.25, -0.2) is 4.79 Å². The molecule has 1 aromatic rings. The number of amides is 1. The standard InChI is InChI=1S/C13H18BrNO4S/c1-3-18-12(16)9-15(13(17)19-4-2)8-7-10-5-6-11(14)20-10/h5-6H,3-4,7-9H2,1-2H3. The Labute approximate surface area is 131 Å². The molecule has 0 unspecified atom stereocenters. The molecular formula is C13H18BrNO4S. The van der Waals surface area contributed by atoms with Gasteiger partial charge in [-0.1, -0.05) is 0 Å². The summed E-state index contributed by atoms with van der Waals surface area (Å²) in [6, 6.07) is 3.95. The second kappa shape index (κ2) is 8.97. The zero-order valence-electron chi connectivity index (χ0n) is 11.6. The van der Waals surface area contributed by atoms with Crippen LogP contribution in [0.1, 0.15) is 18.7 Å². The van der Waals surface area contributed by atoms with E-state index in [0.29, 0.717) is 19.6 Å². The molecule has 0 saturated carbocycles. The van der Waals surface area contributed by atoms with E-state index in [2.05, 4.69) is 15.9 Å². The van der Waals surface area contributed by atoms with Crippen LogP contribution in [0.4, 0.5) is 4.79 Å². The van der Waals surface area contributed by atoms with Crippen LogP contribution in [-0.4, -0.2) is 43.3 Å². The van der Waals surface area contributed by atoms with Crippen molar-refractivity contribution in [1.29, 1.82) is 0 Å². The van der Waals surface area contributed by atoms with Crippen molar-refractivity contribution in [2.24, 2.45) is 0 Å². The van der Waals surface area contributed by atoms with Crippen molar-refractivity contribution in [3.63, 3.8) is 0 Å². The minimum atomic E-state index is -0.490. The van der Waals surface area contributed by atoms with Crippen LogP contribution < -0.4 is 0 Å². The van der Waals surface area contributed by atoms with Crippen LogP contribution in [0.5, 0.6) is 0 Å². The van der Waals surface area contributed by atoms with Crippen LogP contribution in [0.2, 0.25) is 0 Å². The molecule has 0 aliphatic carbocycles. The van der Waals surface area contributed by atoms with E-state index in [1.165, 1.54) is 4.90 Å². The third kappa shape index (κ3) is 5.92. The van der Waals surface area contributed by atoms with Crippen LogP contribution in [0, 0.1) is 0 Å². The van der Waals surface area contributed by atoms with Gasteiger partial charge >= 0.3 is 12.1 Å². The molecule has 0 aromatic carbocycles. The number of rotatable bonds is 7. The van der Waals surface area contributed by atoms with Crippen LogP contribution in [0.3, 0.4) is 0 Å². The number of hydrogen-bond acceptors (Lipinski definition) is 5. The Hall–Kier alpha value is -1.08. The van der Waals surface area contributed by atoms with E-state index in [9.17, 15) is 9.59 Å². The minimum absolute atomic E-state index is 0.0841. The molecule has 0 aliphatic rings. The number of halogens is 1. The maximum absolute atomic E-state index is 11.8. The summed E-state index contributed by atoms with van der Waals surface area (Å²) in [6.07, 6.45) is 0.185. The number of esters is 1. The van der Waals surface area contributed by atoms with Gasteiger partial charge in [0.1, 0.15) is 6.54 Å². The molecule has 0 bridgehead atoms. The summed E-state index contributed by atoms with van der Waals surface area (Å²) < 4.78 is 10.9. The molecule has 7 heteroatoms. The number of thiophene rings is 1. The average molecular weight is 364 g/mol. The smallest absolute Gasteiger partial charge is 0.410 e. The van der Waals surface area contributed by atoms with E-state index in [1.807, 2.05) is 12.1 Å². The molecule has 0 N–H and O–H groups in total. The summed E-state index contributed by atoms with van der Waals surface area (Å²) in [4.78, 5) is 25.8. The summed E-state index contributed by atoms with van der Waals surface area (Å²) in [5, 5.41) is 0. The fourth-order valence-corrected chi connectivity index (χ4v) is 3.02. The van der Waals surface area contributed by atoms with Crippen LogP contribution in [0.15, 0.2) is 15.9 Å². The highest BCUT2D eigenvalue weighted by Crippen LogP contribution is 2.22. The lowest BCUT2D eigenvalue weighted by Gasteiger charge is -2.20. The van der Waals surface area contributed by atoms with E-state index in [4.69, 9.17) is 9.47 Å². The second-order valence-electron chi connectivity index (χ2n) is 3.88. The largest absolute Gasteiger partial charge is 0.465 e. The van der Waals surface area contributed by atoms with Gasteiger partial charge in [0.2, 0.25) is 0 Å². The molecule has 1 rings (SSSR count). The first-order valence-corrected chi connectivity index (χ1v) is 7.99. The summed E-state index contributed by atoms with van der Waals surface area (Å²) in [6.45, 7) is 4.38. The fourth-order valence-electron chi connectivity index (χ4n) is 1.54. The second-order valence-corrected chi connectivity index (χ2v) is 6.43. The molecular weight excluding hydrogens is 346 g/mol. The fraction of sp³-hybridized carbons (Fsp3) is 0.538. The highest BCUT2D eigenvalue weighted by molar-refractivity contribution is 9.11. The quantitative estimate of drug-likeness (QED) is 0.698. The maximum Gasteiger partial charge on any atom is 0.410 e. The zero-order valence-corrected chi connectivity index (χ0v) is 14.0. The molecule has 0 saturated heterocycles. The third-order valence-corrected chi connectivity index (χ3v) is 4.09. The van der Waals surface area contributed by atoms with E-state index in [1.54, 1.807) is 25.2 Å². The van der Waals surface area contributed by atoms with Gasteiger partial charge in [0.15, 0.2) is 0 Å². The van der Waals surface area contributed by atoms with Crippen LogP contribution >= 0.6 is 27.3 Å². The lowest BCUT2D eigenvalue weighted by atomic mass is 10.3. The summed E-state index contributed by atoms with van der Waals surface area (Å²) in [7, 11) is 0. The molecule has 1 aromatic heterocycles.